The zero-order valence-electron chi connectivity index (χ0n) is 6.43. The minimum atomic E-state index is 0.204. The molecule has 0 fully saturated rings. The van der Waals surface area contributed by atoms with E-state index in [1.807, 2.05) is 0 Å². The van der Waals surface area contributed by atoms with Gasteiger partial charge in [-0.3, -0.25) is 0 Å². The van der Waals surface area contributed by atoms with Gasteiger partial charge in [-0.1, -0.05) is 0 Å². The van der Waals surface area contributed by atoms with Gasteiger partial charge in [-0.05, 0) is 0 Å². The quantitative estimate of drug-likeness (QED) is 0.628. The number of anilines is 1. The normalized spacial score (nSPS) is 10.4. The molecule has 0 bridgehead atoms. The number of methoxy groups -OCH3 is 1. The first-order chi connectivity index (χ1) is 5.79. The number of hydrogen-bond acceptors (Lipinski definition) is 5. The lowest BCUT2D eigenvalue weighted by Gasteiger charge is -1.96. The van der Waals surface area contributed by atoms with Gasteiger partial charge in [-0.25, -0.2) is 4.98 Å². The molecule has 12 heavy (non-hydrogen) atoms. The summed E-state index contributed by atoms with van der Waals surface area (Å²) in [7, 11) is 1.56. The second-order valence-corrected chi connectivity index (χ2v) is 2.21. The molecule has 0 spiro atoms. The Balaban J connectivity index is 2.66. The number of ether oxygens (including phenoxy) is 1. The molecule has 0 unspecified atom stereocenters. The predicted molar refractivity (Wildman–Crippen MR) is 41.7 cm³/mol. The highest BCUT2D eigenvalue weighted by molar-refractivity contribution is 5.35. The maximum atomic E-state index is 5.36. The molecule has 0 aliphatic carbocycles. The van der Waals surface area contributed by atoms with Gasteiger partial charge in [0.2, 0.25) is 5.95 Å². The molecule has 62 valence electrons. The van der Waals surface area contributed by atoms with Crippen molar-refractivity contribution in [2.24, 2.45) is 0 Å². The fourth-order valence-corrected chi connectivity index (χ4v) is 0.886. The maximum Gasteiger partial charge on any atom is 0.254 e. The molecule has 6 nitrogen and oxygen atoms in total. The Bertz CT molecular complexity index is 409. The minimum absolute atomic E-state index is 0.204. The number of aromatic nitrogens is 4. The number of hydrogen-bond donors (Lipinski definition) is 1. The number of nitrogens with zero attached hydrogens (tertiary/aromatic N) is 4. The molecule has 0 aliphatic rings. The fourth-order valence-electron chi connectivity index (χ4n) is 0.886. The number of nitrogen functional groups attached to an aromatic ring is 1. The van der Waals surface area contributed by atoms with Crippen molar-refractivity contribution in [2.75, 3.05) is 12.8 Å². The molecule has 2 rings (SSSR count). The molecule has 2 heterocycles. The van der Waals surface area contributed by atoms with E-state index in [1.54, 1.807) is 19.5 Å². The first-order valence-corrected chi connectivity index (χ1v) is 3.31. The lowest BCUT2D eigenvalue weighted by molar-refractivity contribution is 0.409. The largest absolute Gasteiger partial charge is 0.494 e. The maximum absolute atomic E-state index is 5.36. The minimum Gasteiger partial charge on any atom is -0.494 e. The van der Waals surface area contributed by atoms with Crippen molar-refractivity contribution in [3.05, 3.63) is 12.4 Å². The molecular formula is C6H7N5O. The van der Waals surface area contributed by atoms with Crippen LogP contribution in [0.2, 0.25) is 0 Å². The molecule has 0 saturated heterocycles. The topological polar surface area (TPSA) is 78.3 Å². The van der Waals surface area contributed by atoms with Crippen LogP contribution in [0.5, 0.6) is 5.75 Å². The fraction of sp³-hybridized carbons (Fsp3) is 0.167. The van der Waals surface area contributed by atoms with Crippen molar-refractivity contribution < 1.29 is 4.74 Å². The molecule has 0 aromatic carbocycles. The zero-order chi connectivity index (χ0) is 8.55. The van der Waals surface area contributed by atoms with Gasteiger partial charge in [0.1, 0.15) is 0 Å². The van der Waals surface area contributed by atoms with Crippen molar-refractivity contribution in [3.63, 3.8) is 0 Å². The third kappa shape index (κ3) is 0.931. The number of fused-ring (bicyclic) bond motifs is 1. The van der Waals surface area contributed by atoms with E-state index in [0.29, 0.717) is 11.5 Å². The van der Waals surface area contributed by atoms with Gasteiger partial charge in [0.15, 0.2) is 5.75 Å². The van der Waals surface area contributed by atoms with Crippen LogP contribution < -0.4 is 10.5 Å². The Morgan fingerprint density at radius 2 is 2.42 bits per heavy atom. The van der Waals surface area contributed by atoms with E-state index in [-0.39, 0.29) is 5.95 Å². The van der Waals surface area contributed by atoms with Gasteiger partial charge in [0.05, 0.1) is 19.5 Å². The summed E-state index contributed by atoms with van der Waals surface area (Å²) in [5.41, 5.74) is 5.36. The van der Waals surface area contributed by atoms with Gasteiger partial charge in [0, 0.05) is 0 Å². The third-order valence-corrected chi connectivity index (χ3v) is 1.42. The molecule has 6 heteroatoms. The Kier molecular flexibility index (Phi) is 1.33. The molecule has 2 aromatic heterocycles. The summed E-state index contributed by atoms with van der Waals surface area (Å²) >= 11 is 0. The smallest absolute Gasteiger partial charge is 0.254 e. The van der Waals surface area contributed by atoms with E-state index in [2.05, 4.69) is 15.1 Å². The molecular weight excluding hydrogens is 158 g/mol. The first kappa shape index (κ1) is 6.84. The predicted octanol–water partition coefficient (Wildman–Crippen LogP) is -0.285. The van der Waals surface area contributed by atoms with Crippen LogP contribution in [0.15, 0.2) is 12.4 Å². The highest BCUT2D eigenvalue weighted by Crippen LogP contribution is 2.07. The van der Waals surface area contributed by atoms with E-state index >= 15 is 0 Å². The second kappa shape index (κ2) is 2.33. The van der Waals surface area contributed by atoms with E-state index in [4.69, 9.17) is 10.5 Å². The molecule has 0 amide bonds. The Hall–Kier alpha value is -1.85. The van der Waals surface area contributed by atoms with Crippen LogP contribution in [0, 0.1) is 0 Å². The van der Waals surface area contributed by atoms with E-state index < -0.39 is 0 Å². The van der Waals surface area contributed by atoms with Gasteiger partial charge in [-0.15, -0.1) is 5.10 Å². The standard InChI is InChI=1S/C6H7N5O/c1-12-4-2-8-6-9-5(7)10-11(6)3-4/h2-3H,1H3,(H2,7,10). The highest BCUT2D eigenvalue weighted by atomic mass is 16.5. The summed E-state index contributed by atoms with van der Waals surface area (Å²) in [6.07, 6.45) is 3.22. The number of rotatable bonds is 1. The van der Waals surface area contributed by atoms with E-state index in [1.165, 1.54) is 4.52 Å². The summed E-state index contributed by atoms with van der Waals surface area (Å²) in [6.45, 7) is 0. The van der Waals surface area contributed by atoms with Crippen LogP contribution in [0.4, 0.5) is 5.95 Å². The highest BCUT2D eigenvalue weighted by Gasteiger charge is 2.01. The van der Waals surface area contributed by atoms with E-state index in [0.717, 1.165) is 0 Å². The average molecular weight is 165 g/mol. The van der Waals surface area contributed by atoms with Crippen molar-refractivity contribution in [2.45, 2.75) is 0 Å². The molecule has 2 N–H and O–H groups in total. The zero-order valence-corrected chi connectivity index (χ0v) is 6.43. The van der Waals surface area contributed by atoms with Crippen LogP contribution in [-0.4, -0.2) is 26.7 Å². The summed E-state index contributed by atoms with van der Waals surface area (Å²) in [6, 6.07) is 0. The van der Waals surface area contributed by atoms with Gasteiger partial charge in [0.25, 0.3) is 5.78 Å². The van der Waals surface area contributed by atoms with Crippen molar-refractivity contribution >= 4 is 11.7 Å². The monoisotopic (exact) mass is 165 g/mol. The summed E-state index contributed by atoms with van der Waals surface area (Å²) in [5, 5.41) is 3.86. The van der Waals surface area contributed by atoms with Gasteiger partial charge < -0.3 is 10.5 Å². The van der Waals surface area contributed by atoms with Gasteiger partial charge in [-0.2, -0.15) is 9.50 Å². The molecule has 0 radical (unpaired) electrons. The second-order valence-electron chi connectivity index (χ2n) is 2.21. The molecule has 0 aliphatic heterocycles. The lowest BCUT2D eigenvalue weighted by Crippen LogP contribution is -1.93. The lowest BCUT2D eigenvalue weighted by atomic mass is 10.6. The van der Waals surface area contributed by atoms with Crippen LogP contribution in [0.25, 0.3) is 5.78 Å². The Morgan fingerprint density at radius 3 is 3.17 bits per heavy atom. The summed E-state index contributed by atoms with van der Waals surface area (Å²) in [4.78, 5) is 7.81. The average Bonchev–Trinajstić information content (AvgIpc) is 2.43. The summed E-state index contributed by atoms with van der Waals surface area (Å²) < 4.78 is 6.41. The molecule has 0 saturated carbocycles. The summed E-state index contributed by atoms with van der Waals surface area (Å²) in [5.74, 6) is 1.29. The Morgan fingerprint density at radius 1 is 1.58 bits per heavy atom. The molecule has 2 aromatic rings. The van der Waals surface area contributed by atoms with Crippen molar-refractivity contribution in [1.29, 1.82) is 0 Å². The van der Waals surface area contributed by atoms with Crippen LogP contribution in [-0.2, 0) is 0 Å². The van der Waals surface area contributed by atoms with E-state index in [9.17, 15) is 0 Å². The van der Waals surface area contributed by atoms with Crippen LogP contribution in [0.3, 0.4) is 0 Å². The van der Waals surface area contributed by atoms with Crippen molar-refractivity contribution in [3.8, 4) is 5.75 Å². The first-order valence-electron chi connectivity index (χ1n) is 3.31. The van der Waals surface area contributed by atoms with Crippen LogP contribution >= 0.6 is 0 Å². The molecule has 0 atom stereocenters. The van der Waals surface area contributed by atoms with Crippen molar-refractivity contribution in [1.82, 2.24) is 19.6 Å². The SMILES string of the molecule is COc1cnc2nc(N)nn2c1. The van der Waals surface area contributed by atoms with Crippen LogP contribution in [0.1, 0.15) is 0 Å². The van der Waals surface area contributed by atoms with Gasteiger partial charge >= 0.3 is 0 Å². The Labute approximate surface area is 68.0 Å². The third-order valence-electron chi connectivity index (χ3n) is 1.42. The number of nitrogens with two attached hydrogens (primary N) is 1.